The quantitative estimate of drug-likeness (QED) is 0.539. The van der Waals surface area contributed by atoms with Crippen molar-refractivity contribution in [3.63, 3.8) is 0 Å². The molecule has 0 amide bonds. The monoisotopic (exact) mass is 274 g/mol. The van der Waals surface area contributed by atoms with Gasteiger partial charge >= 0.3 is 0 Å². The lowest BCUT2D eigenvalue weighted by Crippen LogP contribution is -2.15. The summed E-state index contributed by atoms with van der Waals surface area (Å²) in [6, 6.07) is 4.36. The van der Waals surface area contributed by atoms with E-state index in [0.717, 1.165) is 18.6 Å². The minimum Gasteiger partial charge on any atom is -0.496 e. The number of hydrogen-bond donors (Lipinski definition) is 0. The molecule has 19 heavy (non-hydrogen) atoms. The molecular formula is C17H26OSi. The van der Waals surface area contributed by atoms with Gasteiger partial charge in [-0.05, 0) is 37.0 Å². The van der Waals surface area contributed by atoms with Gasteiger partial charge in [0.15, 0.2) is 0 Å². The Balaban J connectivity index is 3.07. The third kappa shape index (κ3) is 5.07. The van der Waals surface area contributed by atoms with Crippen LogP contribution in [0.1, 0.15) is 16.7 Å². The van der Waals surface area contributed by atoms with Crippen LogP contribution in [0.2, 0.25) is 19.6 Å². The third-order valence-corrected chi connectivity index (χ3v) is 4.21. The zero-order valence-electron chi connectivity index (χ0n) is 12.9. The van der Waals surface area contributed by atoms with Gasteiger partial charge in [-0.25, -0.2) is 0 Å². The Hall–Kier alpha value is -1.28. The Morgan fingerprint density at radius 2 is 1.89 bits per heavy atom. The highest BCUT2D eigenvalue weighted by atomic mass is 28.3. The van der Waals surface area contributed by atoms with Crippen LogP contribution < -0.4 is 4.74 Å². The van der Waals surface area contributed by atoms with Crippen LogP contribution in [0.3, 0.4) is 0 Å². The van der Waals surface area contributed by atoms with Gasteiger partial charge in [-0.3, -0.25) is 0 Å². The van der Waals surface area contributed by atoms with Crippen LogP contribution in [0.25, 0.3) is 0 Å². The fourth-order valence-electron chi connectivity index (χ4n) is 2.14. The molecule has 0 N–H and O–H groups in total. The maximum Gasteiger partial charge on any atom is 0.122 e. The Bertz CT molecular complexity index is 467. The zero-order chi connectivity index (χ0) is 14.5. The van der Waals surface area contributed by atoms with Crippen molar-refractivity contribution in [2.24, 2.45) is 0 Å². The number of allylic oxidation sites excluding steroid dienone is 2. The Kier molecular flexibility index (Phi) is 5.61. The van der Waals surface area contributed by atoms with Crippen molar-refractivity contribution in [3.05, 3.63) is 53.3 Å². The van der Waals surface area contributed by atoms with Crippen LogP contribution in [0, 0.1) is 6.92 Å². The fraction of sp³-hybridized carbons (Fsp3) is 0.412. The number of hydrogen-bond acceptors (Lipinski definition) is 1. The molecule has 0 fully saturated rings. The lowest BCUT2D eigenvalue weighted by molar-refractivity contribution is 0.410. The molecule has 1 aromatic rings. The highest BCUT2D eigenvalue weighted by Crippen LogP contribution is 2.26. The van der Waals surface area contributed by atoms with Gasteiger partial charge in [0.05, 0.1) is 15.2 Å². The summed E-state index contributed by atoms with van der Waals surface area (Å²) < 4.78 is 5.50. The number of ether oxygens (including phenoxy) is 1. The minimum absolute atomic E-state index is 0.861. The molecule has 0 bridgehead atoms. The van der Waals surface area contributed by atoms with E-state index in [1.165, 1.54) is 16.7 Å². The van der Waals surface area contributed by atoms with Gasteiger partial charge in [0.2, 0.25) is 0 Å². The van der Waals surface area contributed by atoms with Gasteiger partial charge in [-0.1, -0.05) is 43.6 Å². The van der Waals surface area contributed by atoms with Crippen molar-refractivity contribution < 1.29 is 4.74 Å². The van der Waals surface area contributed by atoms with Crippen LogP contribution in [0.15, 0.2) is 36.6 Å². The summed E-state index contributed by atoms with van der Waals surface area (Å²) in [5.74, 6) is 0.983. The van der Waals surface area contributed by atoms with Crippen molar-refractivity contribution in [2.75, 3.05) is 7.11 Å². The van der Waals surface area contributed by atoms with Gasteiger partial charge < -0.3 is 4.74 Å². The Labute approximate surface area is 119 Å². The summed E-state index contributed by atoms with van der Waals surface area (Å²) in [6.07, 6.45) is 6.09. The SMILES string of the molecule is C=CCc1c(C/C=C/[Si](C)(C)C)cc(C)cc1OC. The first kappa shape index (κ1) is 15.8. The predicted molar refractivity (Wildman–Crippen MR) is 87.8 cm³/mol. The molecule has 0 aliphatic heterocycles. The van der Waals surface area contributed by atoms with Gasteiger partial charge in [0, 0.05) is 5.56 Å². The van der Waals surface area contributed by atoms with Gasteiger partial charge in [0.25, 0.3) is 0 Å². The molecule has 0 aliphatic rings. The number of methoxy groups -OCH3 is 1. The Morgan fingerprint density at radius 3 is 2.42 bits per heavy atom. The van der Waals surface area contributed by atoms with Crippen molar-refractivity contribution >= 4 is 8.07 Å². The summed E-state index contributed by atoms with van der Waals surface area (Å²) in [4.78, 5) is 0. The molecule has 0 heterocycles. The maximum absolute atomic E-state index is 5.50. The van der Waals surface area contributed by atoms with E-state index < -0.39 is 8.07 Å². The predicted octanol–water partition coefficient (Wildman–Crippen LogP) is 4.71. The molecule has 2 heteroatoms. The van der Waals surface area contributed by atoms with Crippen LogP contribution in [0.4, 0.5) is 0 Å². The largest absolute Gasteiger partial charge is 0.496 e. The maximum atomic E-state index is 5.50. The van der Waals surface area contributed by atoms with E-state index in [0.29, 0.717) is 0 Å². The normalized spacial score (nSPS) is 11.8. The van der Waals surface area contributed by atoms with Gasteiger partial charge in [-0.2, -0.15) is 0 Å². The van der Waals surface area contributed by atoms with Gasteiger partial charge in [0.1, 0.15) is 5.75 Å². The molecule has 1 nitrogen and oxygen atoms in total. The summed E-state index contributed by atoms with van der Waals surface area (Å²) in [7, 11) is 0.625. The second-order valence-electron chi connectivity index (χ2n) is 6.07. The number of aryl methyl sites for hydroxylation is 1. The van der Waals surface area contributed by atoms with Crippen molar-refractivity contribution in [1.82, 2.24) is 0 Å². The summed E-state index contributed by atoms with van der Waals surface area (Å²) in [5.41, 5.74) is 6.27. The summed E-state index contributed by atoms with van der Waals surface area (Å²) in [6.45, 7) is 13.0. The molecule has 0 saturated heterocycles. The molecule has 0 atom stereocenters. The first-order valence-electron chi connectivity index (χ1n) is 6.82. The lowest BCUT2D eigenvalue weighted by Gasteiger charge is -2.14. The Morgan fingerprint density at radius 1 is 1.21 bits per heavy atom. The number of benzene rings is 1. The third-order valence-electron chi connectivity index (χ3n) is 2.97. The molecule has 0 saturated carbocycles. The van der Waals surface area contributed by atoms with E-state index in [-0.39, 0.29) is 0 Å². The fourth-order valence-corrected chi connectivity index (χ4v) is 2.96. The van der Waals surface area contributed by atoms with E-state index in [1.807, 2.05) is 6.08 Å². The van der Waals surface area contributed by atoms with Gasteiger partial charge in [-0.15, -0.1) is 6.58 Å². The van der Waals surface area contributed by atoms with Crippen LogP contribution in [-0.4, -0.2) is 15.2 Å². The highest BCUT2D eigenvalue weighted by Gasteiger charge is 2.10. The van der Waals surface area contributed by atoms with E-state index >= 15 is 0 Å². The van der Waals surface area contributed by atoms with Crippen LogP contribution in [0.5, 0.6) is 5.75 Å². The molecule has 0 spiro atoms. The molecular weight excluding hydrogens is 248 g/mol. The minimum atomic E-state index is -1.11. The van der Waals surface area contributed by atoms with E-state index in [9.17, 15) is 0 Å². The molecule has 1 aromatic carbocycles. The molecule has 0 aromatic heterocycles. The second-order valence-corrected chi connectivity index (χ2v) is 11.1. The summed E-state index contributed by atoms with van der Waals surface area (Å²) in [5, 5.41) is 0. The number of rotatable bonds is 6. The van der Waals surface area contributed by atoms with Crippen LogP contribution >= 0.6 is 0 Å². The van der Waals surface area contributed by atoms with Crippen molar-refractivity contribution in [2.45, 2.75) is 39.4 Å². The first-order valence-corrected chi connectivity index (χ1v) is 10.4. The average Bonchev–Trinajstić information content (AvgIpc) is 2.30. The molecule has 1 rings (SSSR count). The zero-order valence-corrected chi connectivity index (χ0v) is 13.9. The lowest BCUT2D eigenvalue weighted by atomic mass is 9.98. The molecule has 104 valence electrons. The second kappa shape index (κ2) is 6.76. The van der Waals surface area contributed by atoms with E-state index in [4.69, 9.17) is 4.74 Å². The topological polar surface area (TPSA) is 9.23 Å². The first-order chi connectivity index (χ1) is 8.87. The molecule has 0 unspecified atom stereocenters. The standard InChI is InChI=1S/C17H26OSi/c1-7-9-16-15(10-8-11-19(4,5)6)12-14(2)13-17(16)18-3/h7-8,11-13H,1,9-10H2,2-6H3/b11-8+. The van der Waals surface area contributed by atoms with E-state index in [2.05, 4.69) is 57.1 Å². The summed E-state index contributed by atoms with van der Waals surface area (Å²) >= 11 is 0. The van der Waals surface area contributed by atoms with Crippen molar-refractivity contribution in [1.29, 1.82) is 0 Å². The van der Waals surface area contributed by atoms with Crippen LogP contribution in [-0.2, 0) is 12.8 Å². The molecule has 0 aliphatic carbocycles. The van der Waals surface area contributed by atoms with Crippen molar-refractivity contribution in [3.8, 4) is 5.75 Å². The molecule has 0 radical (unpaired) electrons. The van der Waals surface area contributed by atoms with E-state index in [1.54, 1.807) is 7.11 Å². The smallest absolute Gasteiger partial charge is 0.122 e. The average molecular weight is 274 g/mol. The highest BCUT2D eigenvalue weighted by molar-refractivity contribution is 6.80.